The van der Waals surface area contributed by atoms with Gasteiger partial charge in [-0.25, -0.2) is 0 Å². The molecule has 0 fully saturated rings. The first-order chi connectivity index (χ1) is 8.01. The highest BCUT2D eigenvalue weighted by molar-refractivity contribution is 5.97. The lowest BCUT2D eigenvalue weighted by Crippen LogP contribution is -2.45. The summed E-state index contributed by atoms with van der Waals surface area (Å²) in [5.74, 6) is -0.537. The standard InChI is InChI=1S/C12H15F3N2O/c1-7-4-5-8(12(13,14)15)6-9(7)17-10(18)11(2,3)16/h4-6H,16H2,1-3H3,(H,17,18). The van der Waals surface area contributed by atoms with Crippen molar-refractivity contribution in [2.75, 3.05) is 5.32 Å². The van der Waals surface area contributed by atoms with E-state index in [1.165, 1.54) is 19.9 Å². The van der Waals surface area contributed by atoms with E-state index in [-0.39, 0.29) is 5.69 Å². The van der Waals surface area contributed by atoms with Crippen LogP contribution in [0.1, 0.15) is 25.0 Å². The van der Waals surface area contributed by atoms with Gasteiger partial charge in [-0.05, 0) is 38.5 Å². The Morgan fingerprint density at radius 3 is 2.28 bits per heavy atom. The molecule has 0 bridgehead atoms. The highest BCUT2D eigenvalue weighted by atomic mass is 19.4. The molecule has 0 spiro atoms. The van der Waals surface area contributed by atoms with Gasteiger partial charge in [0.15, 0.2) is 0 Å². The lowest BCUT2D eigenvalue weighted by molar-refractivity contribution is -0.137. The molecule has 6 heteroatoms. The van der Waals surface area contributed by atoms with Gasteiger partial charge in [0.05, 0.1) is 11.1 Å². The molecule has 1 aromatic carbocycles. The van der Waals surface area contributed by atoms with E-state index in [1.807, 2.05) is 0 Å². The van der Waals surface area contributed by atoms with Gasteiger partial charge in [0.2, 0.25) is 5.91 Å². The molecular formula is C12H15F3N2O. The van der Waals surface area contributed by atoms with Gasteiger partial charge in [-0.2, -0.15) is 13.2 Å². The van der Waals surface area contributed by atoms with E-state index in [1.54, 1.807) is 6.92 Å². The summed E-state index contributed by atoms with van der Waals surface area (Å²) in [5, 5.41) is 2.40. The Balaban J connectivity index is 3.06. The zero-order chi connectivity index (χ0) is 14.1. The summed E-state index contributed by atoms with van der Waals surface area (Å²) in [5.41, 5.74) is 4.27. The number of amides is 1. The molecule has 0 saturated carbocycles. The van der Waals surface area contributed by atoms with Crippen molar-refractivity contribution in [2.24, 2.45) is 5.73 Å². The summed E-state index contributed by atoms with van der Waals surface area (Å²) in [6, 6.07) is 3.18. The minimum atomic E-state index is -4.44. The summed E-state index contributed by atoms with van der Waals surface area (Å²) >= 11 is 0. The van der Waals surface area contributed by atoms with Crippen LogP contribution in [0.25, 0.3) is 0 Å². The highest BCUT2D eigenvalue weighted by Crippen LogP contribution is 2.32. The second-order valence-electron chi connectivity index (χ2n) is 4.70. The van der Waals surface area contributed by atoms with Gasteiger partial charge in [0, 0.05) is 5.69 Å². The van der Waals surface area contributed by atoms with Crippen LogP contribution in [0.5, 0.6) is 0 Å². The molecule has 0 aromatic heterocycles. The number of carbonyl (C=O) groups excluding carboxylic acids is 1. The third kappa shape index (κ3) is 3.46. The topological polar surface area (TPSA) is 55.1 Å². The molecular weight excluding hydrogens is 245 g/mol. The van der Waals surface area contributed by atoms with Crippen LogP contribution in [0, 0.1) is 6.92 Å². The van der Waals surface area contributed by atoms with Crippen LogP contribution in [0.2, 0.25) is 0 Å². The maximum Gasteiger partial charge on any atom is 0.416 e. The van der Waals surface area contributed by atoms with Crippen molar-refractivity contribution in [3.8, 4) is 0 Å². The van der Waals surface area contributed by atoms with Crippen molar-refractivity contribution < 1.29 is 18.0 Å². The van der Waals surface area contributed by atoms with Crippen molar-refractivity contribution in [2.45, 2.75) is 32.5 Å². The molecule has 1 aromatic rings. The van der Waals surface area contributed by atoms with Crippen LogP contribution in [0.3, 0.4) is 0 Å². The van der Waals surface area contributed by atoms with Crippen LogP contribution in [-0.2, 0) is 11.0 Å². The predicted octanol–water partition coefficient (Wildman–Crippen LogP) is 2.69. The van der Waals surface area contributed by atoms with Gasteiger partial charge in [-0.3, -0.25) is 4.79 Å². The SMILES string of the molecule is Cc1ccc(C(F)(F)F)cc1NC(=O)C(C)(C)N. The third-order valence-electron chi connectivity index (χ3n) is 2.40. The number of hydrogen-bond donors (Lipinski definition) is 2. The van der Waals surface area contributed by atoms with E-state index in [4.69, 9.17) is 5.73 Å². The second kappa shape index (κ2) is 4.61. The number of halogens is 3. The number of aryl methyl sites for hydroxylation is 1. The fraction of sp³-hybridized carbons (Fsp3) is 0.417. The number of anilines is 1. The van der Waals surface area contributed by atoms with Gasteiger partial charge >= 0.3 is 6.18 Å². The first kappa shape index (κ1) is 14.5. The lowest BCUT2D eigenvalue weighted by atomic mass is 10.0. The number of hydrogen-bond acceptors (Lipinski definition) is 2. The highest BCUT2D eigenvalue weighted by Gasteiger charge is 2.31. The fourth-order valence-corrected chi connectivity index (χ4v) is 1.22. The Morgan fingerprint density at radius 1 is 1.28 bits per heavy atom. The van der Waals surface area contributed by atoms with Crippen molar-refractivity contribution in [3.63, 3.8) is 0 Å². The molecule has 0 aliphatic heterocycles. The average Bonchev–Trinajstić information content (AvgIpc) is 2.18. The number of nitrogens with two attached hydrogens (primary N) is 1. The summed E-state index contributed by atoms with van der Waals surface area (Å²) in [7, 11) is 0. The number of nitrogens with one attached hydrogen (secondary N) is 1. The predicted molar refractivity (Wildman–Crippen MR) is 63.1 cm³/mol. The fourth-order valence-electron chi connectivity index (χ4n) is 1.22. The summed E-state index contributed by atoms with van der Waals surface area (Å²) in [4.78, 5) is 11.6. The molecule has 0 atom stereocenters. The van der Waals surface area contributed by atoms with E-state index in [0.29, 0.717) is 5.56 Å². The van der Waals surface area contributed by atoms with Crippen molar-refractivity contribution in [1.82, 2.24) is 0 Å². The van der Waals surface area contributed by atoms with Crippen molar-refractivity contribution in [3.05, 3.63) is 29.3 Å². The Hall–Kier alpha value is -1.56. The zero-order valence-corrected chi connectivity index (χ0v) is 10.4. The summed E-state index contributed by atoms with van der Waals surface area (Å²) < 4.78 is 37.6. The minimum absolute atomic E-state index is 0.119. The van der Waals surface area contributed by atoms with Gasteiger partial charge in [-0.1, -0.05) is 6.07 Å². The Labute approximate surface area is 103 Å². The lowest BCUT2D eigenvalue weighted by Gasteiger charge is -2.19. The van der Waals surface area contributed by atoms with Gasteiger partial charge in [0.25, 0.3) is 0 Å². The Bertz CT molecular complexity index is 461. The smallest absolute Gasteiger partial charge is 0.324 e. The van der Waals surface area contributed by atoms with E-state index in [9.17, 15) is 18.0 Å². The van der Waals surface area contributed by atoms with Crippen molar-refractivity contribution >= 4 is 11.6 Å². The monoisotopic (exact) mass is 260 g/mol. The third-order valence-corrected chi connectivity index (χ3v) is 2.40. The van der Waals surface area contributed by atoms with Crippen LogP contribution >= 0.6 is 0 Å². The number of alkyl halides is 3. The molecule has 3 nitrogen and oxygen atoms in total. The first-order valence-electron chi connectivity index (χ1n) is 5.30. The molecule has 0 aliphatic rings. The first-order valence-corrected chi connectivity index (χ1v) is 5.30. The summed E-state index contributed by atoms with van der Waals surface area (Å²) in [6.45, 7) is 4.57. The van der Waals surface area contributed by atoms with Crippen LogP contribution in [0.4, 0.5) is 18.9 Å². The van der Waals surface area contributed by atoms with Gasteiger partial charge in [0.1, 0.15) is 0 Å². The van der Waals surface area contributed by atoms with E-state index in [2.05, 4.69) is 5.32 Å². The molecule has 3 N–H and O–H groups in total. The zero-order valence-electron chi connectivity index (χ0n) is 10.4. The van der Waals surface area contributed by atoms with Crippen LogP contribution in [-0.4, -0.2) is 11.4 Å². The maximum absolute atomic E-state index is 12.5. The van der Waals surface area contributed by atoms with E-state index < -0.39 is 23.2 Å². The average molecular weight is 260 g/mol. The molecule has 0 saturated heterocycles. The van der Waals surface area contributed by atoms with Gasteiger partial charge in [-0.15, -0.1) is 0 Å². The number of carbonyl (C=O) groups is 1. The molecule has 0 heterocycles. The van der Waals surface area contributed by atoms with E-state index in [0.717, 1.165) is 12.1 Å². The maximum atomic E-state index is 12.5. The number of benzene rings is 1. The van der Waals surface area contributed by atoms with Crippen LogP contribution in [0.15, 0.2) is 18.2 Å². The molecule has 1 amide bonds. The van der Waals surface area contributed by atoms with Crippen molar-refractivity contribution in [1.29, 1.82) is 0 Å². The van der Waals surface area contributed by atoms with Gasteiger partial charge < -0.3 is 11.1 Å². The number of rotatable bonds is 2. The molecule has 0 radical (unpaired) electrons. The van der Waals surface area contributed by atoms with E-state index >= 15 is 0 Å². The molecule has 0 aliphatic carbocycles. The Kier molecular flexibility index (Phi) is 3.71. The molecule has 1 rings (SSSR count). The molecule has 18 heavy (non-hydrogen) atoms. The Morgan fingerprint density at radius 2 is 1.83 bits per heavy atom. The summed E-state index contributed by atoms with van der Waals surface area (Å²) in [6.07, 6.45) is -4.44. The normalized spacial score (nSPS) is 12.4. The quantitative estimate of drug-likeness (QED) is 0.859. The minimum Gasteiger partial charge on any atom is -0.324 e. The second-order valence-corrected chi connectivity index (χ2v) is 4.70. The molecule has 0 unspecified atom stereocenters. The van der Waals surface area contributed by atoms with Crippen LogP contribution < -0.4 is 11.1 Å². The molecule has 100 valence electrons. The largest absolute Gasteiger partial charge is 0.416 e.